The lowest BCUT2D eigenvalue weighted by Crippen LogP contribution is -2.45. The van der Waals surface area contributed by atoms with E-state index in [0.29, 0.717) is 5.57 Å². The Labute approximate surface area is 155 Å². The molecule has 1 aliphatic rings. The number of carboxylic acids is 1. The fourth-order valence-electron chi connectivity index (χ4n) is 3.93. The number of aliphatic carboxylic acids is 1. The van der Waals surface area contributed by atoms with Crippen LogP contribution in [0, 0.1) is 5.92 Å². The molecule has 0 aromatic heterocycles. The number of phenolic OH excluding ortho intramolecular Hbond substituents is 4. The van der Waals surface area contributed by atoms with Crippen LogP contribution in [0.5, 0.6) is 23.0 Å². The molecular formula is C20H20O7. The van der Waals surface area contributed by atoms with Crippen molar-refractivity contribution in [3.63, 3.8) is 0 Å². The zero-order valence-corrected chi connectivity index (χ0v) is 14.5. The number of phenols is 4. The van der Waals surface area contributed by atoms with Crippen molar-refractivity contribution in [1.29, 1.82) is 0 Å². The van der Waals surface area contributed by atoms with E-state index >= 15 is 0 Å². The summed E-state index contributed by atoms with van der Waals surface area (Å²) in [5.41, 5.74) is -1.47. The molecule has 2 aromatic rings. The number of rotatable bonds is 3. The zero-order valence-electron chi connectivity index (χ0n) is 14.5. The maximum atomic E-state index is 12.2. The third-order valence-electron chi connectivity index (χ3n) is 4.99. The molecule has 0 radical (unpaired) electrons. The lowest BCUT2D eigenvalue weighted by molar-refractivity contribution is -0.155. The molecule has 2 aromatic carbocycles. The normalized spacial score (nSPS) is 25.0. The third-order valence-corrected chi connectivity index (χ3v) is 4.99. The molecule has 27 heavy (non-hydrogen) atoms. The van der Waals surface area contributed by atoms with E-state index in [2.05, 4.69) is 0 Å². The van der Waals surface area contributed by atoms with E-state index in [9.17, 15) is 35.4 Å². The first-order chi connectivity index (χ1) is 12.6. The Kier molecular flexibility index (Phi) is 4.49. The highest BCUT2D eigenvalue weighted by Gasteiger charge is 2.52. The molecule has 0 heterocycles. The molecule has 3 rings (SSSR count). The van der Waals surface area contributed by atoms with Gasteiger partial charge in [-0.25, -0.2) is 0 Å². The summed E-state index contributed by atoms with van der Waals surface area (Å²) in [7, 11) is 0. The Balaban J connectivity index is 2.25. The first kappa shape index (κ1) is 18.6. The van der Waals surface area contributed by atoms with Crippen LogP contribution in [-0.2, 0) is 10.4 Å². The molecule has 142 valence electrons. The summed E-state index contributed by atoms with van der Waals surface area (Å²) in [6.07, 6.45) is 1.51. The number of hydrogen-bond donors (Lipinski definition) is 6. The third kappa shape index (κ3) is 3.06. The molecule has 6 N–H and O–H groups in total. The smallest absolute Gasteiger partial charge is 0.310 e. The highest BCUT2D eigenvalue weighted by molar-refractivity contribution is 5.76. The molecule has 3 atom stereocenters. The summed E-state index contributed by atoms with van der Waals surface area (Å²) in [4.78, 5) is 12.2. The van der Waals surface area contributed by atoms with Crippen LogP contribution in [0.2, 0.25) is 0 Å². The van der Waals surface area contributed by atoms with Crippen LogP contribution in [0.4, 0.5) is 0 Å². The molecule has 0 saturated carbocycles. The largest absolute Gasteiger partial charge is 0.508 e. The summed E-state index contributed by atoms with van der Waals surface area (Å²) in [6.45, 7) is 1.69. The number of benzene rings is 2. The van der Waals surface area contributed by atoms with Gasteiger partial charge in [0.15, 0.2) is 0 Å². The Bertz CT molecular complexity index is 914. The summed E-state index contributed by atoms with van der Waals surface area (Å²) in [5, 5.41) is 61.5. The van der Waals surface area contributed by atoms with Crippen molar-refractivity contribution in [3.8, 4) is 23.0 Å². The Morgan fingerprint density at radius 3 is 2.22 bits per heavy atom. The van der Waals surface area contributed by atoms with Crippen molar-refractivity contribution < 1.29 is 35.4 Å². The van der Waals surface area contributed by atoms with Gasteiger partial charge in [0.05, 0.1) is 0 Å². The van der Waals surface area contributed by atoms with Crippen molar-refractivity contribution in [2.24, 2.45) is 5.92 Å². The van der Waals surface area contributed by atoms with E-state index in [1.807, 2.05) is 0 Å². The van der Waals surface area contributed by atoms with Crippen LogP contribution >= 0.6 is 0 Å². The average Bonchev–Trinajstić information content (AvgIpc) is 2.53. The van der Waals surface area contributed by atoms with Crippen LogP contribution in [0.25, 0.3) is 0 Å². The first-order valence-electron chi connectivity index (χ1n) is 8.31. The minimum absolute atomic E-state index is 0.0133. The minimum Gasteiger partial charge on any atom is -0.508 e. The number of allylic oxidation sites excluding steroid dienone is 1. The van der Waals surface area contributed by atoms with Crippen LogP contribution in [0.15, 0.2) is 48.0 Å². The summed E-state index contributed by atoms with van der Waals surface area (Å²) in [5.74, 6) is -5.18. The topological polar surface area (TPSA) is 138 Å². The van der Waals surface area contributed by atoms with E-state index in [1.54, 1.807) is 13.0 Å². The van der Waals surface area contributed by atoms with Gasteiger partial charge in [0.1, 0.15) is 34.5 Å². The van der Waals surface area contributed by atoms with Gasteiger partial charge >= 0.3 is 5.97 Å². The number of carbonyl (C=O) groups is 1. The molecule has 0 amide bonds. The predicted molar refractivity (Wildman–Crippen MR) is 95.7 cm³/mol. The summed E-state index contributed by atoms with van der Waals surface area (Å²) >= 11 is 0. The van der Waals surface area contributed by atoms with E-state index in [-0.39, 0.29) is 34.8 Å². The van der Waals surface area contributed by atoms with Crippen molar-refractivity contribution in [2.45, 2.75) is 24.9 Å². The van der Waals surface area contributed by atoms with Gasteiger partial charge in [0.2, 0.25) is 0 Å². The summed E-state index contributed by atoms with van der Waals surface area (Å²) in [6, 6.07) is 7.59. The second-order valence-corrected chi connectivity index (χ2v) is 6.87. The first-order valence-corrected chi connectivity index (χ1v) is 8.31. The SMILES string of the molecule is CC1=CC(c2c(O)cccc2O)C(C(=O)O)C(O)(c2ccc(O)cc2O)C1. The van der Waals surface area contributed by atoms with Crippen molar-refractivity contribution in [1.82, 2.24) is 0 Å². The van der Waals surface area contributed by atoms with Gasteiger partial charge in [-0.3, -0.25) is 4.79 Å². The van der Waals surface area contributed by atoms with Crippen LogP contribution in [-0.4, -0.2) is 36.6 Å². The van der Waals surface area contributed by atoms with E-state index in [0.717, 1.165) is 6.07 Å². The monoisotopic (exact) mass is 372 g/mol. The minimum atomic E-state index is -2.03. The Morgan fingerprint density at radius 2 is 1.67 bits per heavy atom. The van der Waals surface area contributed by atoms with Crippen LogP contribution in [0.3, 0.4) is 0 Å². The molecule has 1 aliphatic carbocycles. The molecular weight excluding hydrogens is 352 g/mol. The fraction of sp³-hybridized carbons (Fsp3) is 0.250. The second kappa shape index (κ2) is 6.51. The highest BCUT2D eigenvalue weighted by Crippen LogP contribution is 2.53. The molecule has 0 saturated heterocycles. The van der Waals surface area contributed by atoms with Gasteiger partial charge in [-0.2, -0.15) is 0 Å². The summed E-state index contributed by atoms with van der Waals surface area (Å²) < 4.78 is 0. The molecule has 7 nitrogen and oxygen atoms in total. The van der Waals surface area contributed by atoms with Gasteiger partial charge < -0.3 is 30.6 Å². The van der Waals surface area contributed by atoms with E-state index in [1.165, 1.54) is 30.3 Å². The predicted octanol–water partition coefficient (Wildman–Crippen LogP) is 2.53. The lowest BCUT2D eigenvalue weighted by Gasteiger charge is -2.42. The number of aromatic hydroxyl groups is 4. The maximum absolute atomic E-state index is 12.2. The number of carboxylic acid groups (broad SMARTS) is 1. The van der Waals surface area contributed by atoms with E-state index < -0.39 is 29.2 Å². The van der Waals surface area contributed by atoms with Crippen LogP contribution in [0.1, 0.15) is 30.4 Å². The van der Waals surface area contributed by atoms with Gasteiger partial charge in [-0.05, 0) is 31.2 Å². The molecule has 3 unspecified atom stereocenters. The van der Waals surface area contributed by atoms with E-state index in [4.69, 9.17) is 0 Å². The fourth-order valence-corrected chi connectivity index (χ4v) is 3.93. The van der Waals surface area contributed by atoms with Crippen molar-refractivity contribution in [3.05, 3.63) is 59.2 Å². The van der Waals surface area contributed by atoms with Crippen LogP contribution < -0.4 is 0 Å². The van der Waals surface area contributed by atoms with Gasteiger partial charge in [0, 0.05) is 29.5 Å². The standard InChI is InChI=1S/C20H20O7/c1-10-7-12(17-14(22)3-2-4-15(17)23)18(19(25)26)20(27,9-10)13-6-5-11(21)8-16(13)24/h2-8,12,18,21-24,27H,9H2,1H3,(H,25,26). The zero-order chi connectivity index (χ0) is 19.9. The Hall–Kier alpha value is -3.19. The lowest BCUT2D eigenvalue weighted by atomic mass is 9.65. The molecule has 0 fully saturated rings. The molecule has 7 heteroatoms. The van der Waals surface area contributed by atoms with Crippen molar-refractivity contribution in [2.75, 3.05) is 0 Å². The molecule has 0 spiro atoms. The van der Waals surface area contributed by atoms with Gasteiger partial charge in [0.25, 0.3) is 0 Å². The number of aliphatic hydroxyl groups is 1. The van der Waals surface area contributed by atoms with Gasteiger partial charge in [-0.1, -0.05) is 17.7 Å². The second-order valence-electron chi connectivity index (χ2n) is 6.87. The molecule has 0 bridgehead atoms. The van der Waals surface area contributed by atoms with Crippen molar-refractivity contribution >= 4 is 5.97 Å². The average molecular weight is 372 g/mol. The highest BCUT2D eigenvalue weighted by atomic mass is 16.4. The maximum Gasteiger partial charge on any atom is 0.310 e. The quantitative estimate of drug-likeness (QED) is 0.455. The number of hydrogen-bond acceptors (Lipinski definition) is 6. The molecule has 0 aliphatic heterocycles. The Morgan fingerprint density at radius 1 is 1.04 bits per heavy atom. The van der Waals surface area contributed by atoms with Gasteiger partial charge in [-0.15, -0.1) is 0 Å².